The van der Waals surface area contributed by atoms with Gasteiger partial charge in [0.05, 0.1) is 4.90 Å². The number of halogens is 1. The van der Waals surface area contributed by atoms with Crippen molar-refractivity contribution in [3.05, 3.63) is 71.5 Å². The SMILES string of the molecule is O=C(c1csc(-c2ccccc2F)n1)N1CCN(S(=O)(=O)c2ccccc2)CC1. The zero-order valence-electron chi connectivity index (χ0n) is 15.4. The highest BCUT2D eigenvalue weighted by Crippen LogP contribution is 2.27. The van der Waals surface area contributed by atoms with Gasteiger partial charge in [-0.05, 0) is 24.3 Å². The lowest BCUT2D eigenvalue weighted by atomic mass is 10.2. The molecule has 150 valence electrons. The molecule has 0 bridgehead atoms. The molecule has 2 heterocycles. The molecule has 2 aromatic carbocycles. The monoisotopic (exact) mass is 431 g/mol. The summed E-state index contributed by atoms with van der Waals surface area (Å²) in [6.45, 7) is 0.982. The quantitative estimate of drug-likeness (QED) is 0.637. The smallest absolute Gasteiger partial charge is 0.273 e. The standard InChI is InChI=1S/C20H18FN3O3S2/c21-17-9-5-4-8-16(17)19-22-18(14-28-19)20(25)23-10-12-24(13-11-23)29(26,27)15-6-2-1-3-7-15/h1-9,14H,10-13H2. The first-order chi connectivity index (χ1) is 14.0. The van der Waals surface area contributed by atoms with Crippen molar-refractivity contribution in [3.63, 3.8) is 0 Å². The van der Waals surface area contributed by atoms with Crippen LogP contribution in [-0.2, 0) is 10.0 Å². The van der Waals surface area contributed by atoms with Crippen LogP contribution in [0.1, 0.15) is 10.5 Å². The zero-order valence-corrected chi connectivity index (χ0v) is 17.0. The summed E-state index contributed by atoms with van der Waals surface area (Å²) in [6.07, 6.45) is 0. The van der Waals surface area contributed by atoms with Crippen molar-refractivity contribution in [1.82, 2.24) is 14.2 Å². The van der Waals surface area contributed by atoms with Crippen molar-refractivity contribution in [2.75, 3.05) is 26.2 Å². The van der Waals surface area contributed by atoms with Gasteiger partial charge in [0.25, 0.3) is 5.91 Å². The molecule has 1 aliphatic heterocycles. The first kappa shape index (κ1) is 19.7. The number of sulfonamides is 1. The third-order valence-corrected chi connectivity index (χ3v) is 7.52. The van der Waals surface area contributed by atoms with Gasteiger partial charge in [-0.2, -0.15) is 4.31 Å². The highest BCUT2D eigenvalue weighted by molar-refractivity contribution is 7.89. The van der Waals surface area contributed by atoms with Gasteiger partial charge in [0.1, 0.15) is 16.5 Å². The average Bonchev–Trinajstić information content (AvgIpc) is 3.24. The lowest BCUT2D eigenvalue weighted by molar-refractivity contribution is 0.0693. The molecule has 4 rings (SSSR count). The van der Waals surface area contributed by atoms with E-state index in [4.69, 9.17) is 0 Å². The molecule has 0 unspecified atom stereocenters. The molecule has 0 atom stereocenters. The summed E-state index contributed by atoms with van der Waals surface area (Å²) in [5, 5.41) is 2.05. The number of hydrogen-bond donors (Lipinski definition) is 0. The molecule has 29 heavy (non-hydrogen) atoms. The van der Waals surface area contributed by atoms with Gasteiger partial charge in [-0.3, -0.25) is 4.79 Å². The number of carbonyl (C=O) groups excluding carboxylic acids is 1. The summed E-state index contributed by atoms with van der Waals surface area (Å²) >= 11 is 1.21. The summed E-state index contributed by atoms with van der Waals surface area (Å²) in [5.74, 6) is -0.666. The summed E-state index contributed by atoms with van der Waals surface area (Å²) in [7, 11) is -3.57. The van der Waals surface area contributed by atoms with Crippen LogP contribution < -0.4 is 0 Å². The molecule has 0 N–H and O–H groups in total. The third-order valence-electron chi connectivity index (χ3n) is 4.73. The molecule has 1 amide bonds. The highest BCUT2D eigenvalue weighted by atomic mass is 32.2. The Bertz CT molecular complexity index is 1120. The number of benzene rings is 2. The second-order valence-corrected chi connectivity index (χ2v) is 9.32. The Morgan fingerprint density at radius 3 is 2.31 bits per heavy atom. The average molecular weight is 432 g/mol. The van der Waals surface area contributed by atoms with Gasteiger partial charge in [-0.15, -0.1) is 11.3 Å². The molecule has 3 aromatic rings. The van der Waals surface area contributed by atoms with E-state index in [-0.39, 0.29) is 48.5 Å². The molecule has 0 spiro atoms. The van der Waals surface area contributed by atoms with E-state index >= 15 is 0 Å². The van der Waals surface area contributed by atoms with Crippen LogP contribution >= 0.6 is 11.3 Å². The Morgan fingerprint density at radius 2 is 1.62 bits per heavy atom. The molecule has 1 fully saturated rings. The van der Waals surface area contributed by atoms with Crippen molar-refractivity contribution in [3.8, 4) is 10.6 Å². The lowest BCUT2D eigenvalue weighted by Gasteiger charge is -2.33. The van der Waals surface area contributed by atoms with Crippen molar-refractivity contribution in [1.29, 1.82) is 0 Å². The van der Waals surface area contributed by atoms with E-state index in [9.17, 15) is 17.6 Å². The first-order valence-electron chi connectivity index (χ1n) is 9.02. The van der Waals surface area contributed by atoms with Gasteiger partial charge >= 0.3 is 0 Å². The van der Waals surface area contributed by atoms with E-state index in [1.54, 1.807) is 58.8 Å². The minimum Gasteiger partial charge on any atom is -0.335 e. The summed E-state index contributed by atoms with van der Waals surface area (Å²) in [6, 6.07) is 14.5. The summed E-state index contributed by atoms with van der Waals surface area (Å²) in [4.78, 5) is 18.9. The Balaban J connectivity index is 1.44. The number of rotatable bonds is 4. The molecule has 0 aliphatic carbocycles. The van der Waals surface area contributed by atoms with Crippen molar-refractivity contribution in [2.24, 2.45) is 0 Å². The van der Waals surface area contributed by atoms with Crippen molar-refractivity contribution < 1.29 is 17.6 Å². The molecule has 9 heteroatoms. The summed E-state index contributed by atoms with van der Waals surface area (Å²) < 4.78 is 40.7. The second-order valence-electron chi connectivity index (χ2n) is 6.53. The normalized spacial score (nSPS) is 15.4. The van der Waals surface area contributed by atoms with Crippen molar-refractivity contribution in [2.45, 2.75) is 4.90 Å². The number of nitrogens with zero attached hydrogens (tertiary/aromatic N) is 3. The predicted octanol–water partition coefficient (Wildman–Crippen LogP) is 3.10. The molecule has 0 radical (unpaired) electrons. The lowest BCUT2D eigenvalue weighted by Crippen LogP contribution is -2.50. The number of piperazine rings is 1. The highest BCUT2D eigenvalue weighted by Gasteiger charge is 2.31. The van der Waals surface area contributed by atoms with Crippen LogP contribution in [0.15, 0.2) is 64.9 Å². The van der Waals surface area contributed by atoms with Crippen LogP contribution in [-0.4, -0.2) is 54.7 Å². The maximum atomic E-state index is 13.9. The maximum Gasteiger partial charge on any atom is 0.273 e. The number of hydrogen-bond acceptors (Lipinski definition) is 5. The fourth-order valence-corrected chi connectivity index (χ4v) is 5.43. The minimum atomic E-state index is -3.57. The Kier molecular flexibility index (Phi) is 5.44. The van der Waals surface area contributed by atoms with Crippen LogP contribution in [0.3, 0.4) is 0 Å². The number of carbonyl (C=O) groups is 1. The number of thiazole rings is 1. The van der Waals surface area contributed by atoms with Gasteiger partial charge in [0.15, 0.2) is 0 Å². The van der Waals surface area contributed by atoms with Gasteiger partial charge < -0.3 is 4.90 Å². The van der Waals surface area contributed by atoms with E-state index < -0.39 is 10.0 Å². The molecule has 1 aromatic heterocycles. The van der Waals surface area contributed by atoms with E-state index in [1.807, 2.05) is 0 Å². The fraction of sp³-hybridized carbons (Fsp3) is 0.200. The van der Waals surface area contributed by atoms with Crippen LogP contribution in [0.4, 0.5) is 4.39 Å². The second kappa shape index (κ2) is 8.02. The first-order valence-corrected chi connectivity index (χ1v) is 11.3. The van der Waals surface area contributed by atoms with Crippen LogP contribution in [0.2, 0.25) is 0 Å². The van der Waals surface area contributed by atoms with Crippen LogP contribution in [0, 0.1) is 5.82 Å². The molecular formula is C20H18FN3O3S2. The van der Waals surface area contributed by atoms with Gasteiger partial charge in [-0.25, -0.2) is 17.8 Å². The molecule has 6 nitrogen and oxygen atoms in total. The zero-order chi connectivity index (χ0) is 20.4. The third kappa shape index (κ3) is 3.93. The predicted molar refractivity (Wildman–Crippen MR) is 109 cm³/mol. The Labute approximate surface area is 172 Å². The maximum absolute atomic E-state index is 13.9. The van der Waals surface area contributed by atoms with Gasteiger partial charge in [-0.1, -0.05) is 30.3 Å². The van der Waals surface area contributed by atoms with E-state index in [0.29, 0.717) is 10.6 Å². The van der Waals surface area contributed by atoms with E-state index in [2.05, 4.69) is 4.98 Å². The van der Waals surface area contributed by atoms with E-state index in [1.165, 1.54) is 21.7 Å². The molecular weight excluding hydrogens is 413 g/mol. The Hall–Kier alpha value is -2.62. The molecule has 1 aliphatic rings. The fourth-order valence-electron chi connectivity index (χ4n) is 3.17. The Morgan fingerprint density at radius 1 is 0.966 bits per heavy atom. The number of amides is 1. The topological polar surface area (TPSA) is 70.6 Å². The minimum absolute atomic E-state index is 0.216. The van der Waals surface area contributed by atoms with Crippen LogP contribution in [0.25, 0.3) is 10.6 Å². The van der Waals surface area contributed by atoms with E-state index in [0.717, 1.165) is 0 Å². The van der Waals surface area contributed by atoms with Gasteiger partial charge in [0.2, 0.25) is 10.0 Å². The number of aromatic nitrogens is 1. The largest absolute Gasteiger partial charge is 0.335 e. The van der Waals surface area contributed by atoms with Crippen molar-refractivity contribution >= 4 is 27.3 Å². The van der Waals surface area contributed by atoms with Crippen LogP contribution in [0.5, 0.6) is 0 Å². The molecule has 0 saturated carbocycles. The summed E-state index contributed by atoms with van der Waals surface area (Å²) in [5.41, 5.74) is 0.600. The molecule has 1 saturated heterocycles. The van der Waals surface area contributed by atoms with Gasteiger partial charge in [0, 0.05) is 37.1 Å².